The summed E-state index contributed by atoms with van der Waals surface area (Å²) < 4.78 is 8.48. The molecule has 4 aromatic rings. The number of halogens is 1. The number of amides is 1. The number of rotatable bonds is 10. The highest BCUT2D eigenvalue weighted by molar-refractivity contribution is 9.10. The van der Waals surface area contributed by atoms with Crippen LogP contribution in [0.15, 0.2) is 65.4 Å². The van der Waals surface area contributed by atoms with Gasteiger partial charge in [-0.2, -0.15) is 5.10 Å². The molecular weight excluding hydrogens is 536 g/mol. The SMILES string of the molecule is CCc1ccc2c(-c3cncc(Br)c3)c(CCCCC(=O)O)c(COC(=O)N(C)c3ccccc3)nn12. The second kappa shape index (κ2) is 12.0. The summed E-state index contributed by atoms with van der Waals surface area (Å²) in [5.41, 5.74) is 6.12. The van der Waals surface area contributed by atoms with E-state index in [2.05, 4.69) is 27.8 Å². The lowest BCUT2D eigenvalue weighted by Gasteiger charge is -2.20. The van der Waals surface area contributed by atoms with E-state index in [1.807, 2.05) is 53.0 Å². The number of carbonyl (C=O) groups excluding carboxylic acids is 1. The molecule has 1 N–H and O–H groups in total. The summed E-state index contributed by atoms with van der Waals surface area (Å²) in [7, 11) is 1.67. The van der Waals surface area contributed by atoms with Crippen LogP contribution >= 0.6 is 15.9 Å². The van der Waals surface area contributed by atoms with Crippen molar-refractivity contribution >= 4 is 39.2 Å². The van der Waals surface area contributed by atoms with Crippen LogP contribution in [0.5, 0.6) is 0 Å². The number of carboxylic acid groups (broad SMARTS) is 1. The van der Waals surface area contributed by atoms with E-state index in [4.69, 9.17) is 14.9 Å². The lowest BCUT2D eigenvalue weighted by Crippen LogP contribution is -2.27. The number of pyridine rings is 1. The van der Waals surface area contributed by atoms with Crippen molar-refractivity contribution in [1.82, 2.24) is 14.6 Å². The Labute approximate surface area is 224 Å². The Bertz CT molecular complexity index is 1400. The van der Waals surface area contributed by atoms with Gasteiger partial charge in [0.15, 0.2) is 0 Å². The second-order valence-electron chi connectivity index (χ2n) is 8.72. The summed E-state index contributed by atoms with van der Waals surface area (Å²) in [4.78, 5) is 29.8. The van der Waals surface area contributed by atoms with Gasteiger partial charge in [-0.15, -0.1) is 0 Å². The van der Waals surface area contributed by atoms with Gasteiger partial charge in [-0.05, 0) is 77.5 Å². The van der Waals surface area contributed by atoms with Crippen LogP contribution in [-0.4, -0.2) is 38.8 Å². The van der Waals surface area contributed by atoms with Gasteiger partial charge in [0, 0.05) is 52.8 Å². The van der Waals surface area contributed by atoms with Crippen molar-refractivity contribution in [1.29, 1.82) is 0 Å². The number of aryl methyl sites for hydroxylation is 1. The maximum absolute atomic E-state index is 12.9. The van der Waals surface area contributed by atoms with Gasteiger partial charge in [0.1, 0.15) is 12.3 Å². The van der Waals surface area contributed by atoms with E-state index >= 15 is 0 Å². The third-order valence-corrected chi connectivity index (χ3v) is 6.67. The van der Waals surface area contributed by atoms with E-state index < -0.39 is 12.1 Å². The molecule has 1 aromatic carbocycles. The third-order valence-electron chi connectivity index (χ3n) is 6.23. The number of ether oxygens (including phenoxy) is 1. The van der Waals surface area contributed by atoms with Crippen molar-refractivity contribution in [2.75, 3.05) is 11.9 Å². The zero-order valence-electron chi connectivity index (χ0n) is 20.9. The first-order chi connectivity index (χ1) is 17.9. The zero-order chi connectivity index (χ0) is 26.4. The number of aliphatic carboxylic acids is 1. The molecule has 0 bridgehead atoms. The molecule has 0 aliphatic carbocycles. The van der Waals surface area contributed by atoms with Crippen molar-refractivity contribution in [3.63, 3.8) is 0 Å². The summed E-state index contributed by atoms with van der Waals surface area (Å²) in [5.74, 6) is -0.817. The van der Waals surface area contributed by atoms with Crippen LogP contribution in [0.4, 0.5) is 10.5 Å². The molecule has 0 fully saturated rings. The van der Waals surface area contributed by atoms with Gasteiger partial charge in [-0.25, -0.2) is 9.31 Å². The van der Waals surface area contributed by atoms with Gasteiger partial charge in [-0.3, -0.25) is 14.7 Å². The number of nitrogens with zero attached hydrogens (tertiary/aromatic N) is 4. The van der Waals surface area contributed by atoms with Gasteiger partial charge in [0.25, 0.3) is 0 Å². The first kappa shape index (κ1) is 26.3. The summed E-state index contributed by atoms with van der Waals surface area (Å²) in [6.07, 6.45) is 5.71. The van der Waals surface area contributed by atoms with Crippen LogP contribution in [0.25, 0.3) is 16.6 Å². The predicted molar refractivity (Wildman–Crippen MR) is 146 cm³/mol. The molecular formula is C28H29BrN4O4. The summed E-state index contributed by atoms with van der Waals surface area (Å²) in [6.45, 7) is 2.05. The lowest BCUT2D eigenvalue weighted by atomic mass is 9.95. The van der Waals surface area contributed by atoms with Gasteiger partial charge < -0.3 is 9.84 Å². The topological polar surface area (TPSA) is 97.0 Å². The molecule has 0 atom stereocenters. The molecule has 3 heterocycles. The highest BCUT2D eigenvalue weighted by Gasteiger charge is 2.21. The Hall–Kier alpha value is -3.72. The second-order valence-corrected chi connectivity index (χ2v) is 9.63. The number of hydrogen-bond acceptors (Lipinski definition) is 5. The number of carbonyl (C=O) groups is 2. The van der Waals surface area contributed by atoms with Crippen LogP contribution in [0.3, 0.4) is 0 Å². The van der Waals surface area contributed by atoms with Crippen molar-refractivity contribution in [2.45, 2.75) is 45.6 Å². The molecule has 0 aliphatic rings. The van der Waals surface area contributed by atoms with Gasteiger partial charge in [-0.1, -0.05) is 25.1 Å². The number of para-hydroxylation sites is 1. The molecule has 3 aromatic heterocycles. The highest BCUT2D eigenvalue weighted by Crippen LogP contribution is 2.34. The quantitative estimate of drug-likeness (QED) is 0.227. The van der Waals surface area contributed by atoms with E-state index in [1.165, 1.54) is 4.90 Å². The number of hydrogen-bond donors (Lipinski definition) is 1. The van der Waals surface area contributed by atoms with E-state index in [1.54, 1.807) is 19.4 Å². The Morgan fingerprint density at radius 1 is 1.11 bits per heavy atom. The lowest BCUT2D eigenvalue weighted by molar-refractivity contribution is -0.137. The number of anilines is 1. The number of fused-ring (bicyclic) bond motifs is 1. The minimum atomic E-state index is -0.817. The minimum absolute atomic E-state index is 0.0179. The molecule has 1 amide bonds. The Morgan fingerprint density at radius 2 is 1.89 bits per heavy atom. The predicted octanol–water partition coefficient (Wildman–Crippen LogP) is 6.29. The fourth-order valence-electron chi connectivity index (χ4n) is 4.34. The Balaban J connectivity index is 1.75. The van der Waals surface area contributed by atoms with E-state index in [-0.39, 0.29) is 13.0 Å². The van der Waals surface area contributed by atoms with Crippen LogP contribution < -0.4 is 4.90 Å². The normalized spacial score (nSPS) is 11.0. The number of benzene rings is 1. The molecule has 9 heteroatoms. The first-order valence-corrected chi connectivity index (χ1v) is 13.0. The van der Waals surface area contributed by atoms with Crippen LogP contribution in [0, 0.1) is 0 Å². The average molecular weight is 565 g/mol. The van der Waals surface area contributed by atoms with Gasteiger partial charge >= 0.3 is 12.1 Å². The molecule has 0 saturated carbocycles. The number of carboxylic acids is 1. The zero-order valence-corrected chi connectivity index (χ0v) is 22.4. The maximum Gasteiger partial charge on any atom is 0.414 e. The molecule has 37 heavy (non-hydrogen) atoms. The molecule has 0 unspecified atom stereocenters. The number of unbranched alkanes of at least 4 members (excludes halogenated alkanes) is 1. The van der Waals surface area contributed by atoms with Crippen molar-refractivity contribution < 1.29 is 19.4 Å². The first-order valence-electron chi connectivity index (χ1n) is 12.2. The van der Waals surface area contributed by atoms with Crippen molar-refractivity contribution in [2.24, 2.45) is 0 Å². The average Bonchev–Trinajstić information content (AvgIpc) is 3.31. The third kappa shape index (κ3) is 6.17. The highest BCUT2D eigenvalue weighted by atomic mass is 79.9. The fraction of sp³-hybridized carbons (Fsp3) is 0.286. The van der Waals surface area contributed by atoms with Crippen molar-refractivity contribution in [3.8, 4) is 11.1 Å². The van der Waals surface area contributed by atoms with Crippen LogP contribution in [0.2, 0.25) is 0 Å². The van der Waals surface area contributed by atoms with E-state index in [0.717, 1.165) is 44.5 Å². The van der Waals surface area contributed by atoms with E-state index in [0.29, 0.717) is 25.0 Å². The molecule has 4 rings (SSSR count). The molecule has 0 spiro atoms. The molecule has 0 aliphatic heterocycles. The fourth-order valence-corrected chi connectivity index (χ4v) is 4.71. The smallest absolute Gasteiger partial charge is 0.414 e. The van der Waals surface area contributed by atoms with E-state index in [9.17, 15) is 9.59 Å². The largest absolute Gasteiger partial charge is 0.481 e. The standard InChI is InChI=1S/C28H29BrN4O4/c1-3-21-13-14-25-27(19-15-20(29)17-30-16-19)23(11-7-8-12-26(34)35)24(31-33(21)25)18-37-28(36)32(2)22-9-5-4-6-10-22/h4-6,9-10,13-17H,3,7-8,11-12,18H2,1-2H3,(H,34,35). The summed E-state index contributed by atoms with van der Waals surface area (Å²) >= 11 is 3.53. The number of aromatic nitrogens is 3. The molecule has 8 nitrogen and oxygen atoms in total. The molecule has 0 saturated heterocycles. The minimum Gasteiger partial charge on any atom is -0.481 e. The maximum atomic E-state index is 12.9. The van der Waals surface area contributed by atoms with Gasteiger partial charge in [0.2, 0.25) is 0 Å². The summed E-state index contributed by atoms with van der Waals surface area (Å²) in [5, 5.41) is 14.0. The summed E-state index contributed by atoms with van der Waals surface area (Å²) in [6, 6.07) is 15.4. The van der Waals surface area contributed by atoms with Crippen LogP contribution in [-0.2, 0) is 29.0 Å². The monoisotopic (exact) mass is 564 g/mol. The molecule has 0 radical (unpaired) electrons. The Kier molecular flexibility index (Phi) is 8.55. The van der Waals surface area contributed by atoms with Gasteiger partial charge in [0.05, 0.1) is 5.52 Å². The Morgan fingerprint density at radius 3 is 2.59 bits per heavy atom. The van der Waals surface area contributed by atoms with Crippen molar-refractivity contribution in [3.05, 3.63) is 82.3 Å². The van der Waals surface area contributed by atoms with Crippen LogP contribution in [0.1, 0.15) is 43.1 Å². The molecule has 192 valence electrons.